The Bertz CT molecular complexity index is 789. The third-order valence-corrected chi connectivity index (χ3v) is 10.6. The van der Waals surface area contributed by atoms with Crippen molar-refractivity contribution in [1.29, 1.82) is 0 Å². The van der Waals surface area contributed by atoms with E-state index in [0.717, 1.165) is 96.7 Å². The van der Waals surface area contributed by atoms with Gasteiger partial charge in [-0.1, -0.05) is 162 Å². The average Bonchev–Trinajstić information content (AvgIpc) is 3.14. The van der Waals surface area contributed by atoms with Crippen LogP contribution < -0.4 is 0 Å². The zero-order chi connectivity index (χ0) is 38.9. The molecule has 0 aromatic heterocycles. The molecule has 0 aromatic rings. The van der Waals surface area contributed by atoms with Gasteiger partial charge in [-0.15, -0.1) is 0 Å². The fraction of sp³-hybridized carbons (Fsp3) is 0.935. The molecular weight excluding hydrogens is 663 g/mol. The van der Waals surface area contributed by atoms with Crippen molar-refractivity contribution in [3.8, 4) is 0 Å². The molecule has 0 heterocycles. The van der Waals surface area contributed by atoms with Crippen molar-refractivity contribution in [3.05, 3.63) is 0 Å². The molecule has 0 aliphatic carbocycles. The van der Waals surface area contributed by atoms with Gasteiger partial charge in [-0.25, -0.2) is 0 Å². The van der Waals surface area contributed by atoms with Crippen molar-refractivity contribution >= 4 is 17.9 Å². The van der Waals surface area contributed by atoms with Crippen molar-refractivity contribution in [3.63, 3.8) is 0 Å². The molecule has 0 amide bonds. The standard InChI is InChI=1S/C46H89NO6/c1-4-7-10-13-16-17-18-24-32-42-52-45(50)37-29-25-31-40-47(41-33-36-44(48)49)39-30-23-19-22-28-38-46(51)53-43(34-26-20-14-11-8-5-2)35-27-21-15-12-9-6-3/h43H,4-42H2,1-3H3,(H,48,49). The number of carboxylic acid groups (broad SMARTS) is 1. The fourth-order valence-electron chi connectivity index (χ4n) is 7.19. The summed E-state index contributed by atoms with van der Waals surface area (Å²) in [5, 5.41) is 9.11. The summed E-state index contributed by atoms with van der Waals surface area (Å²) < 4.78 is 11.5. The number of aliphatic carboxylic acids is 1. The number of ether oxygens (including phenoxy) is 2. The molecule has 0 atom stereocenters. The number of hydrogen-bond acceptors (Lipinski definition) is 6. The Hall–Kier alpha value is -1.63. The smallest absolute Gasteiger partial charge is 0.306 e. The van der Waals surface area contributed by atoms with Crippen LogP contribution in [-0.2, 0) is 23.9 Å². The molecule has 0 fully saturated rings. The summed E-state index contributed by atoms with van der Waals surface area (Å²) in [7, 11) is 0. The minimum absolute atomic E-state index is 0.0105. The highest BCUT2D eigenvalue weighted by Gasteiger charge is 2.14. The second kappa shape index (κ2) is 41.5. The second-order valence-electron chi connectivity index (χ2n) is 15.9. The first kappa shape index (κ1) is 51.4. The quantitative estimate of drug-likeness (QED) is 0.0490. The summed E-state index contributed by atoms with van der Waals surface area (Å²) in [5.74, 6) is -0.818. The molecular formula is C46H89NO6. The molecule has 0 unspecified atom stereocenters. The molecule has 0 saturated carbocycles. The van der Waals surface area contributed by atoms with Gasteiger partial charge < -0.3 is 19.5 Å². The Balaban J connectivity index is 4.19. The third kappa shape index (κ3) is 39.9. The zero-order valence-corrected chi connectivity index (χ0v) is 35.6. The maximum atomic E-state index is 12.7. The molecule has 0 radical (unpaired) electrons. The molecule has 0 aliphatic heterocycles. The number of rotatable bonds is 43. The lowest BCUT2D eigenvalue weighted by Gasteiger charge is -2.22. The van der Waals surface area contributed by atoms with E-state index in [1.807, 2.05) is 0 Å². The van der Waals surface area contributed by atoms with Gasteiger partial charge >= 0.3 is 17.9 Å². The number of hydrogen-bond donors (Lipinski definition) is 1. The van der Waals surface area contributed by atoms with E-state index < -0.39 is 5.97 Å². The van der Waals surface area contributed by atoms with Gasteiger partial charge in [-0.05, 0) is 83.8 Å². The van der Waals surface area contributed by atoms with Crippen LogP contribution in [0, 0.1) is 0 Å². The Morgan fingerprint density at radius 1 is 0.434 bits per heavy atom. The summed E-state index contributed by atoms with van der Waals surface area (Å²) in [6, 6.07) is 0. The molecule has 0 aromatic carbocycles. The van der Waals surface area contributed by atoms with Crippen LogP contribution in [0.25, 0.3) is 0 Å². The lowest BCUT2D eigenvalue weighted by molar-refractivity contribution is -0.150. The van der Waals surface area contributed by atoms with E-state index in [0.29, 0.717) is 25.9 Å². The van der Waals surface area contributed by atoms with Crippen LogP contribution >= 0.6 is 0 Å². The fourth-order valence-corrected chi connectivity index (χ4v) is 7.19. The monoisotopic (exact) mass is 752 g/mol. The predicted molar refractivity (Wildman–Crippen MR) is 224 cm³/mol. The maximum Gasteiger partial charge on any atom is 0.306 e. The Labute approximate surface area is 328 Å². The number of carboxylic acids is 1. The molecule has 7 nitrogen and oxygen atoms in total. The summed E-state index contributed by atoms with van der Waals surface area (Å²) in [6.07, 6.45) is 38.7. The van der Waals surface area contributed by atoms with Gasteiger partial charge in [0, 0.05) is 19.3 Å². The summed E-state index contributed by atoms with van der Waals surface area (Å²) in [5.41, 5.74) is 0. The molecule has 53 heavy (non-hydrogen) atoms. The molecule has 0 rings (SSSR count). The Morgan fingerprint density at radius 3 is 1.30 bits per heavy atom. The van der Waals surface area contributed by atoms with E-state index in [4.69, 9.17) is 14.6 Å². The minimum Gasteiger partial charge on any atom is -0.481 e. The highest BCUT2D eigenvalue weighted by atomic mass is 16.5. The first-order valence-electron chi connectivity index (χ1n) is 23.2. The van der Waals surface area contributed by atoms with Gasteiger partial charge in [-0.2, -0.15) is 0 Å². The number of carbonyl (C=O) groups excluding carboxylic acids is 2. The van der Waals surface area contributed by atoms with Crippen LogP contribution in [-0.4, -0.2) is 60.3 Å². The molecule has 314 valence electrons. The van der Waals surface area contributed by atoms with Crippen molar-refractivity contribution in [2.24, 2.45) is 0 Å². The van der Waals surface area contributed by atoms with Crippen molar-refractivity contribution < 1.29 is 29.0 Å². The van der Waals surface area contributed by atoms with Crippen LogP contribution in [0.3, 0.4) is 0 Å². The molecule has 1 N–H and O–H groups in total. The van der Waals surface area contributed by atoms with Crippen LogP contribution in [0.5, 0.6) is 0 Å². The number of carbonyl (C=O) groups is 3. The lowest BCUT2D eigenvalue weighted by Crippen LogP contribution is -2.27. The van der Waals surface area contributed by atoms with Crippen LogP contribution in [0.15, 0.2) is 0 Å². The minimum atomic E-state index is -0.736. The van der Waals surface area contributed by atoms with E-state index in [1.165, 1.54) is 122 Å². The van der Waals surface area contributed by atoms with Crippen LogP contribution in [0.2, 0.25) is 0 Å². The third-order valence-electron chi connectivity index (χ3n) is 10.6. The van der Waals surface area contributed by atoms with E-state index in [-0.39, 0.29) is 24.5 Å². The van der Waals surface area contributed by atoms with Gasteiger partial charge in [0.2, 0.25) is 0 Å². The second-order valence-corrected chi connectivity index (χ2v) is 15.9. The van der Waals surface area contributed by atoms with Crippen molar-refractivity contribution in [2.45, 2.75) is 252 Å². The van der Waals surface area contributed by atoms with Gasteiger partial charge in [-0.3, -0.25) is 14.4 Å². The highest BCUT2D eigenvalue weighted by molar-refractivity contribution is 5.69. The number of unbranched alkanes of at least 4 members (excludes halogenated alkanes) is 24. The average molecular weight is 752 g/mol. The Kier molecular flexibility index (Phi) is 40.3. The normalized spacial score (nSPS) is 11.5. The largest absolute Gasteiger partial charge is 0.481 e. The predicted octanol–water partition coefficient (Wildman–Crippen LogP) is 13.5. The first-order valence-corrected chi connectivity index (χ1v) is 23.2. The number of nitrogens with zero attached hydrogens (tertiary/aromatic N) is 1. The summed E-state index contributed by atoms with van der Waals surface area (Å²) in [6.45, 7) is 10.0. The molecule has 0 spiro atoms. The first-order chi connectivity index (χ1) is 25.9. The van der Waals surface area contributed by atoms with E-state index in [9.17, 15) is 14.4 Å². The van der Waals surface area contributed by atoms with Gasteiger partial charge in [0.1, 0.15) is 6.10 Å². The molecule has 0 bridgehead atoms. The molecule has 0 saturated heterocycles. The van der Waals surface area contributed by atoms with E-state index >= 15 is 0 Å². The molecule has 7 heteroatoms. The van der Waals surface area contributed by atoms with Crippen LogP contribution in [0.4, 0.5) is 0 Å². The van der Waals surface area contributed by atoms with Gasteiger partial charge in [0.25, 0.3) is 0 Å². The van der Waals surface area contributed by atoms with Crippen molar-refractivity contribution in [2.75, 3.05) is 26.2 Å². The lowest BCUT2D eigenvalue weighted by atomic mass is 10.0. The SMILES string of the molecule is CCCCCCCCCCCOC(=O)CCCCCN(CCCCCCCC(=O)OC(CCCCCCCC)CCCCCCCC)CCCC(=O)O. The van der Waals surface area contributed by atoms with Crippen LogP contribution in [0.1, 0.15) is 245 Å². The highest BCUT2D eigenvalue weighted by Crippen LogP contribution is 2.19. The number of esters is 2. The van der Waals surface area contributed by atoms with Gasteiger partial charge in [0.15, 0.2) is 0 Å². The molecule has 0 aliphatic rings. The van der Waals surface area contributed by atoms with E-state index in [1.54, 1.807) is 0 Å². The van der Waals surface area contributed by atoms with Gasteiger partial charge in [0.05, 0.1) is 6.61 Å². The van der Waals surface area contributed by atoms with E-state index in [2.05, 4.69) is 25.7 Å². The maximum absolute atomic E-state index is 12.7. The van der Waals surface area contributed by atoms with Crippen molar-refractivity contribution in [1.82, 2.24) is 4.90 Å². The Morgan fingerprint density at radius 2 is 0.811 bits per heavy atom. The summed E-state index contributed by atoms with van der Waals surface area (Å²) in [4.78, 5) is 38.4. The topological polar surface area (TPSA) is 93.1 Å². The zero-order valence-electron chi connectivity index (χ0n) is 35.6. The summed E-state index contributed by atoms with van der Waals surface area (Å²) >= 11 is 0.